The van der Waals surface area contributed by atoms with Gasteiger partial charge in [0, 0.05) is 42.0 Å². The number of nitrogens with one attached hydrogen (secondary N) is 1. The second-order valence-electron chi connectivity index (χ2n) is 6.96. The van der Waals surface area contributed by atoms with Crippen molar-refractivity contribution in [3.63, 3.8) is 0 Å². The van der Waals surface area contributed by atoms with Gasteiger partial charge in [0.1, 0.15) is 5.82 Å². The summed E-state index contributed by atoms with van der Waals surface area (Å²) in [5, 5.41) is 8.12. The molecule has 0 amide bonds. The van der Waals surface area contributed by atoms with Crippen LogP contribution in [0.5, 0.6) is 0 Å². The molecule has 1 saturated heterocycles. The maximum absolute atomic E-state index is 4.77. The number of H-pyrrole nitrogens is 1. The molecule has 1 atom stereocenters. The van der Waals surface area contributed by atoms with Crippen LogP contribution in [0.4, 0.5) is 0 Å². The second-order valence-corrected chi connectivity index (χ2v) is 6.96. The molecule has 3 aromatic rings. The number of likely N-dealkylation sites (tertiary alicyclic amines) is 1. The summed E-state index contributed by atoms with van der Waals surface area (Å²) in [6.45, 7) is 7.49. The molecule has 6 nitrogen and oxygen atoms in total. The Morgan fingerprint density at radius 2 is 2.25 bits per heavy atom. The summed E-state index contributed by atoms with van der Waals surface area (Å²) in [5.41, 5.74) is 2.06. The highest BCUT2D eigenvalue weighted by atomic mass is 15.2. The lowest BCUT2D eigenvalue weighted by Crippen LogP contribution is -2.35. The fourth-order valence-electron chi connectivity index (χ4n) is 3.65. The standard InChI is InChI=1S/C18H24N6/c1-13(2)24-9-7-19-17(24)12-23-8-3-4-15(11-23)16-6-5-14-10-20-22-18(14)21-16/h5-7,9-10,13,15H,3-4,8,11-12H2,1-2H3,(H,20,21,22)/t15-/m1/s1. The molecule has 4 heterocycles. The molecule has 0 saturated carbocycles. The Balaban J connectivity index is 1.50. The van der Waals surface area contributed by atoms with Gasteiger partial charge in [-0.25, -0.2) is 9.97 Å². The molecule has 0 unspecified atom stereocenters. The molecule has 3 aromatic heterocycles. The molecule has 0 aromatic carbocycles. The van der Waals surface area contributed by atoms with E-state index >= 15 is 0 Å². The van der Waals surface area contributed by atoms with E-state index in [0.717, 1.165) is 36.5 Å². The average Bonchev–Trinajstić information content (AvgIpc) is 3.23. The van der Waals surface area contributed by atoms with Crippen molar-refractivity contribution in [2.45, 2.75) is 45.2 Å². The van der Waals surface area contributed by atoms with Gasteiger partial charge >= 0.3 is 0 Å². The molecule has 1 fully saturated rings. The molecule has 0 spiro atoms. The zero-order valence-electron chi connectivity index (χ0n) is 14.3. The van der Waals surface area contributed by atoms with Crippen molar-refractivity contribution < 1.29 is 0 Å². The van der Waals surface area contributed by atoms with Gasteiger partial charge in [-0.3, -0.25) is 10.00 Å². The van der Waals surface area contributed by atoms with E-state index in [1.54, 1.807) is 0 Å². The third-order valence-corrected chi connectivity index (χ3v) is 4.92. The largest absolute Gasteiger partial charge is 0.331 e. The van der Waals surface area contributed by atoms with Gasteiger partial charge < -0.3 is 4.57 Å². The van der Waals surface area contributed by atoms with Crippen LogP contribution in [0.25, 0.3) is 11.0 Å². The topological polar surface area (TPSA) is 62.6 Å². The van der Waals surface area contributed by atoms with Crippen molar-refractivity contribution in [2.75, 3.05) is 13.1 Å². The van der Waals surface area contributed by atoms with Gasteiger partial charge in [0.15, 0.2) is 5.65 Å². The highest BCUT2D eigenvalue weighted by Gasteiger charge is 2.24. The van der Waals surface area contributed by atoms with Gasteiger partial charge in [-0.15, -0.1) is 0 Å². The smallest absolute Gasteiger partial charge is 0.155 e. The SMILES string of the molecule is CC(C)n1ccnc1CN1CCC[C@@H](c2ccc3cn[nH]c3n2)C1. The number of hydrogen-bond donors (Lipinski definition) is 1. The predicted octanol–water partition coefficient (Wildman–Crippen LogP) is 3.11. The summed E-state index contributed by atoms with van der Waals surface area (Å²) >= 11 is 0. The minimum Gasteiger partial charge on any atom is -0.331 e. The molecule has 6 heteroatoms. The molecule has 1 N–H and O–H groups in total. The first-order valence-corrected chi connectivity index (χ1v) is 8.75. The van der Waals surface area contributed by atoms with Crippen molar-refractivity contribution in [1.29, 1.82) is 0 Å². The van der Waals surface area contributed by atoms with Crippen LogP contribution in [-0.2, 0) is 6.54 Å². The zero-order chi connectivity index (χ0) is 16.5. The number of aromatic nitrogens is 5. The molecule has 1 aliphatic heterocycles. The van der Waals surface area contributed by atoms with Gasteiger partial charge in [0.25, 0.3) is 0 Å². The first-order chi connectivity index (χ1) is 11.7. The lowest BCUT2D eigenvalue weighted by molar-refractivity contribution is 0.191. The normalized spacial score (nSPS) is 19.4. The van der Waals surface area contributed by atoms with Gasteiger partial charge in [-0.05, 0) is 45.4 Å². The number of aromatic amines is 1. The van der Waals surface area contributed by atoms with Crippen LogP contribution < -0.4 is 0 Å². The van der Waals surface area contributed by atoms with E-state index in [0.29, 0.717) is 12.0 Å². The first kappa shape index (κ1) is 15.3. The summed E-state index contributed by atoms with van der Waals surface area (Å²) in [4.78, 5) is 11.8. The maximum atomic E-state index is 4.77. The molecular formula is C18H24N6. The van der Waals surface area contributed by atoms with Crippen LogP contribution in [0.2, 0.25) is 0 Å². The first-order valence-electron chi connectivity index (χ1n) is 8.75. The van der Waals surface area contributed by atoms with E-state index in [1.807, 2.05) is 12.4 Å². The van der Waals surface area contributed by atoms with E-state index in [9.17, 15) is 0 Å². The average molecular weight is 324 g/mol. The lowest BCUT2D eigenvalue weighted by atomic mass is 9.94. The Hall–Kier alpha value is -2.21. The molecule has 24 heavy (non-hydrogen) atoms. The van der Waals surface area contributed by atoms with Gasteiger partial charge in [0.2, 0.25) is 0 Å². The van der Waals surface area contributed by atoms with Crippen LogP contribution in [0.1, 0.15) is 50.2 Å². The zero-order valence-corrected chi connectivity index (χ0v) is 14.3. The maximum Gasteiger partial charge on any atom is 0.155 e. The minimum absolute atomic E-state index is 0.451. The number of imidazole rings is 1. The Labute approximate surface area is 141 Å². The molecule has 4 rings (SSSR count). The summed E-state index contributed by atoms with van der Waals surface area (Å²) in [6, 6.07) is 4.72. The van der Waals surface area contributed by atoms with E-state index < -0.39 is 0 Å². The Morgan fingerprint density at radius 1 is 1.33 bits per heavy atom. The van der Waals surface area contributed by atoms with Crippen molar-refractivity contribution in [3.8, 4) is 0 Å². The van der Waals surface area contributed by atoms with Crippen LogP contribution in [-0.4, -0.2) is 42.7 Å². The van der Waals surface area contributed by atoms with Crippen molar-refractivity contribution in [3.05, 3.63) is 42.2 Å². The Morgan fingerprint density at radius 3 is 3.12 bits per heavy atom. The molecule has 0 radical (unpaired) electrons. The monoisotopic (exact) mass is 324 g/mol. The van der Waals surface area contributed by atoms with Crippen LogP contribution in [0.3, 0.4) is 0 Å². The third kappa shape index (κ3) is 2.94. The van der Waals surface area contributed by atoms with E-state index in [-0.39, 0.29) is 0 Å². The van der Waals surface area contributed by atoms with Crippen molar-refractivity contribution in [2.24, 2.45) is 0 Å². The summed E-state index contributed by atoms with van der Waals surface area (Å²) in [5.74, 6) is 1.64. The Bertz CT molecular complexity index is 818. The van der Waals surface area contributed by atoms with Crippen molar-refractivity contribution in [1.82, 2.24) is 29.6 Å². The quantitative estimate of drug-likeness (QED) is 0.801. The summed E-state index contributed by atoms with van der Waals surface area (Å²) in [7, 11) is 0. The fraction of sp³-hybridized carbons (Fsp3) is 0.500. The molecule has 1 aliphatic rings. The molecule has 0 aliphatic carbocycles. The second kappa shape index (κ2) is 6.36. The fourth-order valence-corrected chi connectivity index (χ4v) is 3.65. The number of piperidine rings is 1. The Kier molecular flexibility index (Phi) is 4.06. The van der Waals surface area contributed by atoms with Crippen LogP contribution >= 0.6 is 0 Å². The van der Waals surface area contributed by atoms with Gasteiger partial charge in [-0.1, -0.05) is 0 Å². The molecule has 0 bridgehead atoms. The number of fused-ring (bicyclic) bond motifs is 1. The van der Waals surface area contributed by atoms with Gasteiger partial charge in [-0.2, -0.15) is 5.10 Å². The van der Waals surface area contributed by atoms with Crippen LogP contribution in [0.15, 0.2) is 30.7 Å². The minimum atomic E-state index is 0.451. The molecule has 126 valence electrons. The lowest BCUT2D eigenvalue weighted by Gasteiger charge is -2.32. The summed E-state index contributed by atoms with van der Waals surface area (Å²) < 4.78 is 2.26. The highest BCUT2D eigenvalue weighted by molar-refractivity contribution is 5.73. The number of hydrogen-bond acceptors (Lipinski definition) is 4. The van der Waals surface area contributed by atoms with Crippen molar-refractivity contribution >= 4 is 11.0 Å². The molecular weight excluding hydrogens is 300 g/mol. The summed E-state index contributed by atoms with van der Waals surface area (Å²) in [6.07, 6.45) is 8.21. The van der Waals surface area contributed by atoms with Crippen LogP contribution in [0, 0.1) is 0 Å². The number of rotatable bonds is 4. The van der Waals surface area contributed by atoms with E-state index in [4.69, 9.17) is 4.98 Å². The number of nitrogens with zero attached hydrogens (tertiary/aromatic N) is 5. The highest BCUT2D eigenvalue weighted by Crippen LogP contribution is 2.27. The predicted molar refractivity (Wildman–Crippen MR) is 93.8 cm³/mol. The number of pyridine rings is 1. The van der Waals surface area contributed by atoms with E-state index in [1.165, 1.54) is 18.5 Å². The third-order valence-electron chi connectivity index (χ3n) is 4.92. The van der Waals surface area contributed by atoms with E-state index in [2.05, 4.69) is 56.8 Å². The van der Waals surface area contributed by atoms with Gasteiger partial charge in [0.05, 0.1) is 12.7 Å².